The van der Waals surface area contributed by atoms with Crippen LogP contribution >= 0.6 is 0 Å². The van der Waals surface area contributed by atoms with E-state index in [0.29, 0.717) is 13.0 Å². The molecule has 0 N–H and O–H groups in total. The molecule has 0 spiro atoms. The molecule has 0 aromatic carbocycles. The third kappa shape index (κ3) is 2.30. The highest BCUT2D eigenvalue weighted by atomic mass is 16.2. The molecule has 1 heterocycles. The van der Waals surface area contributed by atoms with E-state index in [1.165, 1.54) is 0 Å². The molecule has 0 saturated heterocycles. The standard InChI is InChI=1S/C8H15N3O/c1-7-6-8(12)11(9-7)5-4-10(2)3/h4-6H2,1-3H3. The third-order valence-corrected chi connectivity index (χ3v) is 1.75. The van der Waals surface area contributed by atoms with Gasteiger partial charge in [-0.15, -0.1) is 0 Å². The number of hydrogen-bond donors (Lipinski definition) is 0. The molecule has 1 amide bonds. The maximum atomic E-state index is 11.2. The lowest BCUT2D eigenvalue weighted by molar-refractivity contribution is -0.128. The summed E-state index contributed by atoms with van der Waals surface area (Å²) in [4.78, 5) is 13.2. The Bertz CT molecular complexity index is 210. The average molecular weight is 169 g/mol. The fourth-order valence-corrected chi connectivity index (χ4v) is 1.08. The van der Waals surface area contributed by atoms with E-state index in [-0.39, 0.29) is 5.91 Å². The van der Waals surface area contributed by atoms with Crippen molar-refractivity contribution in [2.24, 2.45) is 5.10 Å². The van der Waals surface area contributed by atoms with E-state index >= 15 is 0 Å². The van der Waals surface area contributed by atoms with Crippen LogP contribution in [-0.2, 0) is 4.79 Å². The van der Waals surface area contributed by atoms with Gasteiger partial charge in [0.25, 0.3) is 0 Å². The van der Waals surface area contributed by atoms with Gasteiger partial charge in [0.15, 0.2) is 0 Å². The molecular weight excluding hydrogens is 154 g/mol. The Hall–Kier alpha value is -0.900. The lowest BCUT2D eigenvalue weighted by Crippen LogP contribution is -2.29. The van der Waals surface area contributed by atoms with Gasteiger partial charge in [0.1, 0.15) is 0 Å². The Morgan fingerprint density at radius 1 is 1.58 bits per heavy atom. The molecule has 4 nitrogen and oxygen atoms in total. The van der Waals surface area contributed by atoms with Crippen molar-refractivity contribution in [1.82, 2.24) is 9.91 Å². The molecule has 0 unspecified atom stereocenters. The Labute approximate surface area is 72.8 Å². The Morgan fingerprint density at radius 2 is 2.25 bits per heavy atom. The first-order chi connectivity index (χ1) is 5.59. The van der Waals surface area contributed by atoms with Gasteiger partial charge in [-0.2, -0.15) is 5.10 Å². The number of hydrogen-bond acceptors (Lipinski definition) is 3. The number of hydrazone groups is 1. The van der Waals surface area contributed by atoms with Crippen LogP contribution < -0.4 is 0 Å². The zero-order valence-corrected chi connectivity index (χ0v) is 7.87. The highest BCUT2D eigenvalue weighted by molar-refractivity contribution is 6.03. The molecule has 0 aromatic heterocycles. The predicted octanol–water partition coefficient (Wildman–Crippen LogP) is 0.156. The fourth-order valence-electron chi connectivity index (χ4n) is 1.08. The summed E-state index contributed by atoms with van der Waals surface area (Å²) in [5, 5.41) is 5.67. The van der Waals surface area contributed by atoms with E-state index in [2.05, 4.69) is 5.10 Å². The van der Waals surface area contributed by atoms with E-state index in [4.69, 9.17) is 0 Å². The Balaban J connectivity index is 2.37. The van der Waals surface area contributed by atoms with Crippen LogP contribution in [0.1, 0.15) is 13.3 Å². The van der Waals surface area contributed by atoms with E-state index in [1.54, 1.807) is 5.01 Å². The molecule has 0 atom stereocenters. The van der Waals surface area contributed by atoms with Crippen molar-refractivity contribution in [3.63, 3.8) is 0 Å². The Morgan fingerprint density at radius 3 is 2.67 bits per heavy atom. The zero-order valence-electron chi connectivity index (χ0n) is 7.87. The first-order valence-electron chi connectivity index (χ1n) is 4.09. The Kier molecular flexibility index (Phi) is 2.81. The van der Waals surface area contributed by atoms with Gasteiger partial charge in [-0.05, 0) is 21.0 Å². The second kappa shape index (κ2) is 3.67. The number of likely N-dealkylation sites (N-methyl/N-ethyl adjacent to an activating group) is 1. The van der Waals surface area contributed by atoms with Crippen LogP contribution in [0.4, 0.5) is 0 Å². The summed E-state index contributed by atoms with van der Waals surface area (Å²) in [5.41, 5.74) is 0.916. The van der Waals surface area contributed by atoms with Crippen molar-refractivity contribution in [3.8, 4) is 0 Å². The topological polar surface area (TPSA) is 35.9 Å². The smallest absolute Gasteiger partial charge is 0.248 e. The van der Waals surface area contributed by atoms with Crippen LogP contribution in [0.3, 0.4) is 0 Å². The van der Waals surface area contributed by atoms with Crippen LogP contribution in [0.15, 0.2) is 5.10 Å². The normalized spacial score (nSPS) is 17.5. The molecule has 0 aliphatic carbocycles. The van der Waals surface area contributed by atoms with Gasteiger partial charge in [-0.3, -0.25) is 4.79 Å². The number of rotatable bonds is 3. The minimum absolute atomic E-state index is 0.120. The van der Waals surface area contributed by atoms with Crippen LogP contribution in [0, 0.1) is 0 Å². The summed E-state index contributed by atoms with van der Waals surface area (Å²) >= 11 is 0. The van der Waals surface area contributed by atoms with Crippen LogP contribution in [0.2, 0.25) is 0 Å². The molecular formula is C8H15N3O. The fraction of sp³-hybridized carbons (Fsp3) is 0.750. The third-order valence-electron chi connectivity index (χ3n) is 1.75. The van der Waals surface area contributed by atoms with Crippen molar-refractivity contribution < 1.29 is 4.79 Å². The zero-order chi connectivity index (χ0) is 9.14. The molecule has 0 radical (unpaired) electrons. The first kappa shape index (κ1) is 9.19. The van der Waals surface area contributed by atoms with Gasteiger partial charge < -0.3 is 4.90 Å². The summed E-state index contributed by atoms with van der Waals surface area (Å²) < 4.78 is 0. The molecule has 0 saturated carbocycles. The molecule has 0 fully saturated rings. The lowest BCUT2D eigenvalue weighted by atomic mass is 10.3. The highest BCUT2D eigenvalue weighted by Gasteiger charge is 2.20. The molecule has 12 heavy (non-hydrogen) atoms. The predicted molar refractivity (Wildman–Crippen MR) is 48.0 cm³/mol. The largest absolute Gasteiger partial charge is 0.308 e. The van der Waals surface area contributed by atoms with E-state index in [1.807, 2.05) is 25.9 Å². The van der Waals surface area contributed by atoms with E-state index < -0.39 is 0 Å². The molecule has 0 aromatic rings. The van der Waals surface area contributed by atoms with E-state index in [9.17, 15) is 4.79 Å². The maximum Gasteiger partial charge on any atom is 0.248 e. The molecule has 4 heteroatoms. The molecule has 1 aliphatic rings. The molecule has 1 aliphatic heterocycles. The van der Waals surface area contributed by atoms with Gasteiger partial charge in [0.05, 0.1) is 13.0 Å². The van der Waals surface area contributed by atoms with E-state index in [0.717, 1.165) is 12.3 Å². The van der Waals surface area contributed by atoms with Crippen molar-refractivity contribution in [2.45, 2.75) is 13.3 Å². The summed E-state index contributed by atoms with van der Waals surface area (Å²) in [6, 6.07) is 0. The highest BCUT2D eigenvalue weighted by Crippen LogP contribution is 2.06. The van der Waals surface area contributed by atoms with Gasteiger partial charge in [-0.1, -0.05) is 0 Å². The summed E-state index contributed by atoms with van der Waals surface area (Å²) in [6.45, 7) is 3.44. The van der Waals surface area contributed by atoms with Crippen molar-refractivity contribution in [3.05, 3.63) is 0 Å². The van der Waals surface area contributed by atoms with Crippen molar-refractivity contribution in [2.75, 3.05) is 27.2 Å². The number of carbonyl (C=O) groups is 1. The SMILES string of the molecule is CC1=NN(CCN(C)C)C(=O)C1. The minimum atomic E-state index is 0.120. The molecule has 1 rings (SSSR count). The van der Waals surface area contributed by atoms with Crippen molar-refractivity contribution >= 4 is 11.6 Å². The average Bonchev–Trinajstić information content (AvgIpc) is 2.26. The molecule has 0 bridgehead atoms. The van der Waals surface area contributed by atoms with Crippen LogP contribution in [0.25, 0.3) is 0 Å². The van der Waals surface area contributed by atoms with Crippen LogP contribution in [-0.4, -0.2) is 48.7 Å². The lowest BCUT2D eigenvalue weighted by Gasteiger charge is -2.14. The van der Waals surface area contributed by atoms with Gasteiger partial charge in [0, 0.05) is 12.3 Å². The summed E-state index contributed by atoms with van der Waals surface area (Å²) in [5.74, 6) is 0.120. The van der Waals surface area contributed by atoms with Gasteiger partial charge >= 0.3 is 0 Å². The van der Waals surface area contributed by atoms with Crippen molar-refractivity contribution in [1.29, 1.82) is 0 Å². The second-order valence-electron chi connectivity index (χ2n) is 3.33. The number of nitrogens with zero attached hydrogens (tertiary/aromatic N) is 3. The second-order valence-corrected chi connectivity index (χ2v) is 3.33. The van der Waals surface area contributed by atoms with Crippen LogP contribution in [0.5, 0.6) is 0 Å². The maximum absolute atomic E-state index is 11.2. The number of carbonyl (C=O) groups excluding carboxylic acids is 1. The monoisotopic (exact) mass is 169 g/mol. The molecule has 68 valence electrons. The summed E-state index contributed by atoms with van der Waals surface area (Å²) in [6.07, 6.45) is 0.493. The minimum Gasteiger partial charge on any atom is -0.308 e. The first-order valence-corrected chi connectivity index (χ1v) is 4.09. The van der Waals surface area contributed by atoms with Gasteiger partial charge in [-0.25, -0.2) is 5.01 Å². The number of amides is 1. The van der Waals surface area contributed by atoms with Gasteiger partial charge in [0.2, 0.25) is 5.91 Å². The summed E-state index contributed by atoms with van der Waals surface area (Å²) in [7, 11) is 3.97. The quantitative estimate of drug-likeness (QED) is 0.603.